The summed E-state index contributed by atoms with van der Waals surface area (Å²) in [5.74, 6) is 0. The first kappa shape index (κ1) is 20.5. The maximum atomic E-state index is 12.5. The van der Waals surface area contributed by atoms with Crippen molar-refractivity contribution in [2.24, 2.45) is 0 Å². The minimum atomic E-state index is -3.59. The molecule has 0 radical (unpaired) electrons. The molecule has 0 bridgehead atoms. The quantitative estimate of drug-likeness (QED) is 0.723. The Morgan fingerprint density at radius 2 is 0.893 bits per heavy atom. The van der Waals surface area contributed by atoms with Gasteiger partial charge in [0, 0.05) is 37.0 Å². The Labute approximate surface area is 166 Å². The SMILES string of the molecule is O=S(=O)(/C=C/c1ccccc1)N1CCN(S(=O)(=O)/C=C/c2ccccc2)CC1. The van der Waals surface area contributed by atoms with Crippen LogP contribution >= 0.6 is 0 Å². The molecule has 0 spiro atoms. The number of benzene rings is 2. The average Bonchev–Trinajstić information content (AvgIpc) is 2.73. The first-order valence-electron chi connectivity index (χ1n) is 8.83. The minimum Gasteiger partial charge on any atom is -0.208 e. The Kier molecular flexibility index (Phi) is 6.46. The van der Waals surface area contributed by atoms with Crippen LogP contribution in [-0.4, -0.2) is 51.6 Å². The van der Waals surface area contributed by atoms with Crippen LogP contribution < -0.4 is 0 Å². The van der Waals surface area contributed by atoms with Gasteiger partial charge in [-0.05, 0) is 23.3 Å². The summed E-state index contributed by atoms with van der Waals surface area (Å²) in [5.41, 5.74) is 1.58. The van der Waals surface area contributed by atoms with Crippen molar-refractivity contribution >= 4 is 32.2 Å². The third-order valence-electron chi connectivity index (χ3n) is 4.38. The van der Waals surface area contributed by atoms with Crippen molar-refractivity contribution in [1.82, 2.24) is 8.61 Å². The van der Waals surface area contributed by atoms with E-state index in [-0.39, 0.29) is 26.2 Å². The minimum absolute atomic E-state index is 0.125. The molecule has 148 valence electrons. The normalized spacial score (nSPS) is 17.4. The highest BCUT2D eigenvalue weighted by molar-refractivity contribution is 7.92. The zero-order valence-corrected chi connectivity index (χ0v) is 16.9. The second-order valence-electron chi connectivity index (χ2n) is 6.31. The van der Waals surface area contributed by atoms with Crippen molar-refractivity contribution in [2.75, 3.05) is 26.2 Å². The molecule has 0 atom stereocenters. The standard InChI is InChI=1S/C20H22N2O4S2/c23-27(24,17-11-19-7-3-1-4-8-19)21-13-15-22(16-14-21)28(25,26)18-12-20-9-5-2-6-10-20/h1-12,17-18H,13-16H2/b17-11+,18-12+. The van der Waals surface area contributed by atoms with E-state index in [2.05, 4.69) is 0 Å². The maximum Gasteiger partial charge on any atom is 0.236 e. The number of hydrogen-bond acceptors (Lipinski definition) is 4. The van der Waals surface area contributed by atoms with E-state index in [1.165, 1.54) is 19.4 Å². The van der Waals surface area contributed by atoms with Crippen LogP contribution in [0.2, 0.25) is 0 Å². The van der Waals surface area contributed by atoms with E-state index in [1.807, 2.05) is 60.7 Å². The molecule has 1 heterocycles. The van der Waals surface area contributed by atoms with E-state index < -0.39 is 20.0 Å². The molecule has 0 saturated carbocycles. The number of piperazine rings is 1. The van der Waals surface area contributed by atoms with Gasteiger partial charge in [0.25, 0.3) is 0 Å². The summed E-state index contributed by atoms with van der Waals surface area (Å²) >= 11 is 0. The van der Waals surface area contributed by atoms with Gasteiger partial charge in [0.15, 0.2) is 0 Å². The number of rotatable bonds is 6. The van der Waals surface area contributed by atoms with E-state index >= 15 is 0 Å². The smallest absolute Gasteiger partial charge is 0.208 e. The summed E-state index contributed by atoms with van der Waals surface area (Å²) in [6.07, 6.45) is 3.09. The van der Waals surface area contributed by atoms with Gasteiger partial charge in [0.2, 0.25) is 20.0 Å². The molecule has 1 aliphatic rings. The first-order chi connectivity index (χ1) is 13.4. The van der Waals surface area contributed by atoms with Crippen LogP contribution in [0.5, 0.6) is 0 Å². The van der Waals surface area contributed by atoms with Crippen molar-refractivity contribution in [2.45, 2.75) is 0 Å². The molecule has 3 rings (SSSR count). The highest BCUT2D eigenvalue weighted by Crippen LogP contribution is 2.15. The van der Waals surface area contributed by atoms with Gasteiger partial charge in [0.05, 0.1) is 0 Å². The van der Waals surface area contributed by atoms with Crippen LogP contribution in [0.15, 0.2) is 71.5 Å². The van der Waals surface area contributed by atoms with Crippen LogP contribution in [0.25, 0.3) is 12.2 Å². The third kappa shape index (κ3) is 5.39. The van der Waals surface area contributed by atoms with Gasteiger partial charge in [-0.25, -0.2) is 16.8 Å². The first-order valence-corrected chi connectivity index (χ1v) is 11.8. The Balaban J connectivity index is 1.62. The summed E-state index contributed by atoms with van der Waals surface area (Å²) in [4.78, 5) is 0. The predicted octanol–water partition coefficient (Wildman–Crippen LogP) is 2.61. The average molecular weight is 419 g/mol. The third-order valence-corrected chi connectivity index (χ3v) is 7.51. The molecular formula is C20H22N2O4S2. The molecule has 0 amide bonds. The van der Waals surface area contributed by atoms with Crippen molar-refractivity contribution in [1.29, 1.82) is 0 Å². The molecule has 1 fully saturated rings. The molecular weight excluding hydrogens is 396 g/mol. The predicted molar refractivity (Wildman–Crippen MR) is 112 cm³/mol. The van der Waals surface area contributed by atoms with E-state index in [4.69, 9.17) is 0 Å². The van der Waals surface area contributed by atoms with Crippen molar-refractivity contribution in [3.8, 4) is 0 Å². The van der Waals surface area contributed by atoms with Crippen LogP contribution in [-0.2, 0) is 20.0 Å². The summed E-state index contributed by atoms with van der Waals surface area (Å²) in [6.45, 7) is 0.499. The summed E-state index contributed by atoms with van der Waals surface area (Å²) in [6, 6.07) is 18.3. The zero-order chi connectivity index (χ0) is 20.0. The van der Waals surface area contributed by atoms with E-state index in [0.29, 0.717) is 0 Å². The monoisotopic (exact) mass is 418 g/mol. The molecule has 28 heavy (non-hydrogen) atoms. The second-order valence-corrected chi connectivity index (χ2v) is 9.95. The molecule has 0 aromatic heterocycles. The fourth-order valence-electron chi connectivity index (χ4n) is 2.81. The fourth-order valence-corrected chi connectivity index (χ4v) is 5.16. The summed E-state index contributed by atoms with van der Waals surface area (Å²) in [7, 11) is -7.18. The van der Waals surface area contributed by atoms with Crippen molar-refractivity contribution < 1.29 is 16.8 Å². The van der Waals surface area contributed by atoms with E-state index in [1.54, 1.807) is 12.2 Å². The lowest BCUT2D eigenvalue weighted by Crippen LogP contribution is -2.49. The van der Waals surface area contributed by atoms with Crippen LogP contribution in [0, 0.1) is 0 Å². The lowest BCUT2D eigenvalue weighted by molar-refractivity contribution is 0.277. The molecule has 1 saturated heterocycles. The van der Waals surface area contributed by atoms with E-state index in [9.17, 15) is 16.8 Å². The van der Waals surface area contributed by atoms with Gasteiger partial charge >= 0.3 is 0 Å². The van der Waals surface area contributed by atoms with Crippen molar-refractivity contribution in [3.63, 3.8) is 0 Å². The van der Waals surface area contributed by atoms with Gasteiger partial charge in [-0.3, -0.25) is 0 Å². The number of nitrogens with zero attached hydrogens (tertiary/aromatic N) is 2. The molecule has 1 aliphatic heterocycles. The molecule has 0 N–H and O–H groups in total. The molecule has 0 unspecified atom stereocenters. The second kappa shape index (κ2) is 8.83. The van der Waals surface area contributed by atoms with Crippen LogP contribution in [0.1, 0.15) is 11.1 Å². The summed E-state index contributed by atoms with van der Waals surface area (Å²) in [5, 5.41) is 2.34. The molecule has 2 aromatic rings. The van der Waals surface area contributed by atoms with Crippen molar-refractivity contribution in [3.05, 3.63) is 82.6 Å². The summed E-state index contributed by atoms with van der Waals surface area (Å²) < 4.78 is 52.5. The highest BCUT2D eigenvalue weighted by Gasteiger charge is 2.29. The lowest BCUT2D eigenvalue weighted by atomic mass is 10.2. The van der Waals surface area contributed by atoms with Gasteiger partial charge in [-0.2, -0.15) is 8.61 Å². The molecule has 0 aliphatic carbocycles. The number of hydrogen-bond donors (Lipinski definition) is 0. The Bertz CT molecular complexity index is 952. The maximum absolute atomic E-state index is 12.5. The Hall–Kier alpha value is -2.26. The largest absolute Gasteiger partial charge is 0.236 e. The molecule has 6 nitrogen and oxygen atoms in total. The number of sulfonamides is 2. The van der Waals surface area contributed by atoms with Crippen LogP contribution in [0.3, 0.4) is 0 Å². The Morgan fingerprint density at radius 1 is 0.571 bits per heavy atom. The zero-order valence-electron chi connectivity index (χ0n) is 15.3. The topological polar surface area (TPSA) is 74.8 Å². The van der Waals surface area contributed by atoms with Gasteiger partial charge in [-0.1, -0.05) is 60.7 Å². The van der Waals surface area contributed by atoms with Gasteiger partial charge in [-0.15, -0.1) is 0 Å². The highest BCUT2D eigenvalue weighted by atomic mass is 32.2. The Morgan fingerprint density at radius 3 is 1.21 bits per heavy atom. The fraction of sp³-hybridized carbons (Fsp3) is 0.200. The molecule has 2 aromatic carbocycles. The van der Waals surface area contributed by atoms with Gasteiger partial charge in [0.1, 0.15) is 0 Å². The van der Waals surface area contributed by atoms with E-state index in [0.717, 1.165) is 11.1 Å². The van der Waals surface area contributed by atoms with Crippen LogP contribution in [0.4, 0.5) is 0 Å². The lowest BCUT2D eigenvalue weighted by Gasteiger charge is -2.31. The van der Waals surface area contributed by atoms with Gasteiger partial charge < -0.3 is 0 Å². The molecule has 8 heteroatoms.